The van der Waals surface area contributed by atoms with E-state index in [0.29, 0.717) is 0 Å². The summed E-state index contributed by atoms with van der Waals surface area (Å²) in [6.07, 6.45) is 5.27. The van der Waals surface area contributed by atoms with Crippen molar-refractivity contribution in [2.24, 2.45) is 13.0 Å². The van der Waals surface area contributed by atoms with Crippen LogP contribution in [0.1, 0.15) is 18.5 Å². The van der Waals surface area contributed by atoms with Crippen LogP contribution in [0.25, 0.3) is 11.4 Å². The molecule has 0 spiro atoms. The average molecular weight is 230 g/mol. The van der Waals surface area contributed by atoms with Crippen molar-refractivity contribution in [1.29, 1.82) is 0 Å². The maximum absolute atomic E-state index is 5.59. The van der Waals surface area contributed by atoms with Gasteiger partial charge in [0.25, 0.3) is 0 Å². The molecule has 1 aliphatic rings. The summed E-state index contributed by atoms with van der Waals surface area (Å²) in [6.45, 7) is 0. The zero-order chi connectivity index (χ0) is 11.8. The number of nitrogens with two attached hydrogens (primary N) is 1. The lowest BCUT2D eigenvalue weighted by atomic mass is 10.1. The number of hydrogen-bond donors (Lipinski definition) is 1. The van der Waals surface area contributed by atoms with Crippen LogP contribution in [0.15, 0.2) is 12.3 Å². The molecule has 1 aliphatic carbocycles. The third-order valence-corrected chi connectivity index (χ3v) is 3.04. The quantitative estimate of drug-likeness (QED) is 0.843. The minimum absolute atomic E-state index is 0.269. The lowest BCUT2D eigenvalue weighted by Gasteiger charge is -2.03. The zero-order valence-corrected chi connectivity index (χ0v) is 9.67. The van der Waals surface area contributed by atoms with E-state index in [2.05, 4.69) is 20.3 Å². The van der Waals surface area contributed by atoms with E-state index in [4.69, 9.17) is 5.73 Å². The Kier molecular flexibility index (Phi) is 2.28. The smallest absolute Gasteiger partial charge is 0.220 e. The first-order chi connectivity index (χ1) is 8.24. The van der Waals surface area contributed by atoms with Crippen molar-refractivity contribution < 1.29 is 0 Å². The molecule has 0 aromatic carbocycles. The normalized spacial score (nSPS) is 15.1. The fraction of sp³-hybridized carbons (Fsp3) is 0.455. The summed E-state index contributed by atoms with van der Waals surface area (Å²) >= 11 is 0. The summed E-state index contributed by atoms with van der Waals surface area (Å²) in [6, 6.07) is 1.82. The first kappa shape index (κ1) is 10.2. The molecule has 3 rings (SSSR count). The molecule has 1 fully saturated rings. The Hall–Kier alpha value is -1.98. The second-order valence-electron chi connectivity index (χ2n) is 4.46. The molecular formula is C11H14N6. The Morgan fingerprint density at radius 1 is 1.47 bits per heavy atom. The van der Waals surface area contributed by atoms with Crippen LogP contribution in [0.3, 0.4) is 0 Å². The van der Waals surface area contributed by atoms with E-state index in [0.717, 1.165) is 29.4 Å². The molecule has 0 unspecified atom stereocenters. The number of aryl methyl sites for hydroxylation is 1. The largest absolute Gasteiger partial charge is 0.368 e. The van der Waals surface area contributed by atoms with Gasteiger partial charge in [-0.1, -0.05) is 5.21 Å². The Morgan fingerprint density at radius 3 is 3.00 bits per heavy atom. The van der Waals surface area contributed by atoms with E-state index < -0.39 is 0 Å². The predicted molar refractivity (Wildman–Crippen MR) is 62.9 cm³/mol. The Morgan fingerprint density at radius 2 is 2.29 bits per heavy atom. The summed E-state index contributed by atoms with van der Waals surface area (Å²) in [5, 5.41) is 8.24. The number of aromatic nitrogens is 5. The van der Waals surface area contributed by atoms with Gasteiger partial charge in [0.1, 0.15) is 5.69 Å². The van der Waals surface area contributed by atoms with Gasteiger partial charge in [0.2, 0.25) is 5.95 Å². The van der Waals surface area contributed by atoms with Gasteiger partial charge in [0, 0.05) is 13.2 Å². The van der Waals surface area contributed by atoms with Crippen molar-refractivity contribution in [3.8, 4) is 11.4 Å². The van der Waals surface area contributed by atoms with Gasteiger partial charge in [0.15, 0.2) is 0 Å². The fourth-order valence-corrected chi connectivity index (χ4v) is 1.91. The van der Waals surface area contributed by atoms with E-state index in [-0.39, 0.29) is 5.95 Å². The van der Waals surface area contributed by atoms with E-state index in [9.17, 15) is 0 Å². The third-order valence-electron chi connectivity index (χ3n) is 3.04. The summed E-state index contributed by atoms with van der Waals surface area (Å²) < 4.78 is 1.83. The maximum atomic E-state index is 5.59. The molecular weight excluding hydrogens is 216 g/mol. The number of anilines is 1. The van der Waals surface area contributed by atoms with Gasteiger partial charge < -0.3 is 5.73 Å². The first-order valence-electron chi connectivity index (χ1n) is 5.71. The summed E-state index contributed by atoms with van der Waals surface area (Å²) in [4.78, 5) is 8.08. The molecule has 0 bridgehead atoms. The van der Waals surface area contributed by atoms with Crippen molar-refractivity contribution in [2.45, 2.75) is 19.3 Å². The molecule has 0 amide bonds. The molecule has 6 heteroatoms. The second kappa shape index (κ2) is 3.80. The summed E-state index contributed by atoms with van der Waals surface area (Å²) in [5.41, 5.74) is 8.30. The highest BCUT2D eigenvalue weighted by Gasteiger charge is 2.26. The van der Waals surface area contributed by atoms with Gasteiger partial charge in [-0.05, 0) is 31.2 Å². The first-order valence-corrected chi connectivity index (χ1v) is 5.71. The lowest BCUT2D eigenvalue weighted by molar-refractivity contribution is 0.655. The molecule has 2 N–H and O–H groups in total. The maximum Gasteiger partial charge on any atom is 0.220 e. The number of nitrogen functional groups attached to an aromatic ring is 1. The van der Waals surface area contributed by atoms with Gasteiger partial charge in [-0.3, -0.25) is 4.68 Å². The monoisotopic (exact) mass is 230 g/mol. The minimum atomic E-state index is 0.269. The number of nitrogens with zero attached hydrogens (tertiary/aromatic N) is 5. The van der Waals surface area contributed by atoms with Crippen LogP contribution in [0.2, 0.25) is 0 Å². The van der Waals surface area contributed by atoms with Crippen LogP contribution < -0.4 is 5.73 Å². The fourth-order valence-electron chi connectivity index (χ4n) is 1.91. The van der Waals surface area contributed by atoms with Gasteiger partial charge in [-0.2, -0.15) is 0 Å². The average Bonchev–Trinajstić information content (AvgIpc) is 3.04. The van der Waals surface area contributed by atoms with Crippen LogP contribution in [-0.4, -0.2) is 25.0 Å². The molecule has 6 nitrogen and oxygen atoms in total. The molecule has 0 atom stereocenters. The minimum Gasteiger partial charge on any atom is -0.368 e. The highest BCUT2D eigenvalue weighted by Crippen LogP contribution is 2.34. The molecule has 1 saturated carbocycles. The second-order valence-corrected chi connectivity index (χ2v) is 4.46. The van der Waals surface area contributed by atoms with Gasteiger partial charge in [-0.15, -0.1) is 5.10 Å². The number of rotatable bonds is 3. The third kappa shape index (κ3) is 1.98. The molecule has 2 aromatic heterocycles. The highest BCUT2D eigenvalue weighted by atomic mass is 15.4. The van der Waals surface area contributed by atoms with Crippen LogP contribution in [-0.2, 0) is 13.5 Å². The Labute approximate surface area is 98.9 Å². The van der Waals surface area contributed by atoms with E-state index >= 15 is 0 Å². The summed E-state index contributed by atoms with van der Waals surface area (Å²) in [5.74, 6) is 1.05. The Balaban J connectivity index is 2.01. The van der Waals surface area contributed by atoms with Gasteiger partial charge >= 0.3 is 0 Å². The molecule has 88 valence electrons. The van der Waals surface area contributed by atoms with Gasteiger partial charge in [0.05, 0.1) is 11.4 Å². The van der Waals surface area contributed by atoms with Crippen molar-refractivity contribution in [3.63, 3.8) is 0 Å². The van der Waals surface area contributed by atoms with Crippen molar-refractivity contribution in [2.75, 3.05) is 5.73 Å². The van der Waals surface area contributed by atoms with Crippen molar-refractivity contribution in [3.05, 3.63) is 18.0 Å². The standard InChI is InChI=1S/C11H14N6/c1-17-9(6-7-2-3-7)10(15-16-17)8-4-5-13-11(12)14-8/h4-5,7H,2-3,6H2,1H3,(H2,12,13,14). The van der Waals surface area contributed by atoms with Crippen LogP contribution in [0.4, 0.5) is 5.95 Å². The van der Waals surface area contributed by atoms with Crippen LogP contribution in [0, 0.1) is 5.92 Å². The number of hydrogen-bond acceptors (Lipinski definition) is 5. The molecule has 0 saturated heterocycles. The highest BCUT2D eigenvalue weighted by molar-refractivity contribution is 5.57. The van der Waals surface area contributed by atoms with E-state index in [1.54, 1.807) is 6.20 Å². The lowest BCUT2D eigenvalue weighted by Crippen LogP contribution is -2.02. The van der Waals surface area contributed by atoms with Crippen molar-refractivity contribution in [1.82, 2.24) is 25.0 Å². The molecule has 2 aromatic rings. The molecule has 17 heavy (non-hydrogen) atoms. The van der Waals surface area contributed by atoms with Crippen molar-refractivity contribution >= 4 is 5.95 Å². The van der Waals surface area contributed by atoms with Crippen LogP contribution >= 0.6 is 0 Å². The van der Waals surface area contributed by atoms with Gasteiger partial charge in [-0.25, -0.2) is 9.97 Å². The molecule has 0 aliphatic heterocycles. The van der Waals surface area contributed by atoms with E-state index in [1.165, 1.54) is 12.8 Å². The van der Waals surface area contributed by atoms with Crippen LogP contribution in [0.5, 0.6) is 0 Å². The zero-order valence-electron chi connectivity index (χ0n) is 9.67. The topological polar surface area (TPSA) is 82.5 Å². The SMILES string of the molecule is Cn1nnc(-c2ccnc(N)n2)c1CC1CC1. The van der Waals surface area contributed by atoms with E-state index in [1.807, 2.05) is 17.8 Å². The Bertz CT molecular complexity index is 543. The molecule has 2 heterocycles. The predicted octanol–water partition coefficient (Wildman–Crippen LogP) is 0.807. The summed E-state index contributed by atoms with van der Waals surface area (Å²) in [7, 11) is 1.92. The molecule has 0 radical (unpaired) electrons.